The first-order chi connectivity index (χ1) is 15.5. The lowest BCUT2D eigenvalue weighted by atomic mass is 10.1. The molecule has 0 atom stereocenters. The molecule has 170 valence electrons. The summed E-state index contributed by atoms with van der Waals surface area (Å²) < 4.78 is 19.1. The van der Waals surface area contributed by atoms with Gasteiger partial charge in [-0.2, -0.15) is 0 Å². The summed E-state index contributed by atoms with van der Waals surface area (Å²) in [6, 6.07) is 10.4. The van der Waals surface area contributed by atoms with Crippen molar-refractivity contribution in [2.75, 3.05) is 18.5 Å². The van der Waals surface area contributed by atoms with Gasteiger partial charge in [-0.25, -0.2) is 4.98 Å². The minimum atomic E-state index is -0.297. The normalized spacial score (nSPS) is 10.6. The molecule has 1 amide bonds. The fourth-order valence-electron chi connectivity index (χ4n) is 2.94. The van der Waals surface area contributed by atoms with Gasteiger partial charge in [0.1, 0.15) is 18.2 Å². The van der Waals surface area contributed by atoms with E-state index in [-0.39, 0.29) is 5.91 Å². The van der Waals surface area contributed by atoms with Crippen LogP contribution in [0, 0.1) is 0 Å². The molecule has 0 unspecified atom stereocenters. The number of ether oxygens (including phenoxy) is 3. The Bertz CT molecular complexity index is 1030. The highest BCUT2D eigenvalue weighted by Crippen LogP contribution is 2.37. The monoisotopic (exact) mass is 457 g/mol. The van der Waals surface area contributed by atoms with Gasteiger partial charge in [0, 0.05) is 30.7 Å². The first-order valence-corrected chi connectivity index (χ1v) is 11.0. The van der Waals surface area contributed by atoms with Crippen LogP contribution in [0.2, 0.25) is 5.02 Å². The van der Waals surface area contributed by atoms with E-state index in [2.05, 4.69) is 17.2 Å². The van der Waals surface area contributed by atoms with Gasteiger partial charge in [-0.3, -0.25) is 4.79 Å². The third-order valence-corrected chi connectivity index (χ3v) is 5.00. The summed E-state index contributed by atoms with van der Waals surface area (Å²) >= 11 is 6.40. The van der Waals surface area contributed by atoms with Crippen molar-refractivity contribution in [1.29, 1.82) is 0 Å². The first kappa shape index (κ1) is 23.5. The van der Waals surface area contributed by atoms with Crippen molar-refractivity contribution in [1.82, 2.24) is 9.55 Å². The Morgan fingerprint density at radius 1 is 1.12 bits per heavy atom. The molecule has 7 nitrogen and oxygen atoms in total. The van der Waals surface area contributed by atoms with Crippen molar-refractivity contribution in [3.63, 3.8) is 0 Å². The van der Waals surface area contributed by atoms with Crippen LogP contribution in [0.5, 0.6) is 17.2 Å². The van der Waals surface area contributed by atoms with Gasteiger partial charge in [-0.1, -0.05) is 24.9 Å². The van der Waals surface area contributed by atoms with Gasteiger partial charge in [0.2, 0.25) is 0 Å². The Morgan fingerprint density at radius 3 is 2.56 bits per heavy atom. The molecule has 3 aromatic rings. The standard InChI is InChI=1S/C24H28ClN3O4/c1-4-6-13-31-23-20(25)14-17(15-21(23)30-5-2)24(29)27-18-7-9-19(10-8-18)32-16-22-26-11-12-28(22)3/h7-12,14-15H,4-6,13,16H2,1-3H3,(H,27,29). The molecular weight excluding hydrogens is 430 g/mol. The second kappa shape index (κ2) is 11.4. The number of carbonyl (C=O) groups is 1. The van der Waals surface area contributed by atoms with E-state index in [9.17, 15) is 4.79 Å². The number of amides is 1. The zero-order valence-corrected chi connectivity index (χ0v) is 19.3. The first-order valence-electron chi connectivity index (χ1n) is 10.6. The van der Waals surface area contributed by atoms with E-state index in [1.54, 1.807) is 42.6 Å². The minimum Gasteiger partial charge on any atom is -0.490 e. The van der Waals surface area contributed by atoms with Crippen molar-refractivity contribution < 1.29 is 19.0 Å². The summed E-state index contributed by atoms with van der Waals surface area (Å²) in [5, 5.41) is 3.21. The zero-order chi connectivity index (χ0) is 22.9. The molecule has 0 saturated carbocycles. The number of aryl methyl sites for hydroxylation is 1. The Kier molecular flexibility index (Phi) is 8.39. The Labute approximate surface area is 193 Å². The largest absolute Gasteiger partial charge is 0.490 e. The molecule has 0 spiro atoms. The molecule has 0 fully saturated rings. The highest BCUT2D eigenvalue weighted by Gasteiger charge is 2.16. The summed E-state index contributed by atoms with van der Waals surface area (Å²) in [6.07, 6.45) is 5.51. The van der Waals surface area contributed by atoms with Crippen LogP contribution in [0.25, 0.3) is 0 Å². The lowest BCUT2D eigenvalue weighted by Gasteiger charge is -2.15. The van der Waals surface area contributed by atoms with Crippen LogP contribution in [0.3, 0.4) is 0 Å². The fraction of sp³-hybridized carbons (Fsp3) is 0.333. The quantitative estimate of drug-likeness (QED) is 0.386. The SMILES string of the molecule is CCCCOc1c(Cl)cc(C(=O)Nc2ccc(OCc3nccn3C)cc2)cc1OCC. The lowest BCUT2D eigenvalue weighted by molar-refractivity contribution is 0.102. The number of anilines is 1. The van der Waals surface area contributed by atoms with Gasteiger partial charge in [0.15, 0.2) is 11.5 Å². The lowest BCUT2D eigenvalue weighted by Crippen LogP contribution is -2.13. The maximum atomic E-state index is 12.8. The Balaban J connectivity index is 1.66. The van der Waals surface area contributed by atoms with Gasteiger partial charge in [0.25, 0.3) is 5.91 Å². The number of unbranched alkanes of at least 4 members (excludes halogenated alkanes) is 1. The molecular formula is C24H28ClN3O4. The molecule has 1 aromatic heterocycles. The number of hydrogen-bond donors (Lipinski definition) is 1. The molecule has 0 radical (unpaired) electrons. The van der Waals surface area contributed by atoms with Crippen LogP contribution in [0.1, 0.15) is 42.9 Å². The maximum Gasteiger partial charge on any atom is 0.255 e. The number of imidazole rings is 1. The second-order valence-corrected chi connectivity index (χ2v) is 7.55. The molecule has 2 aromatic carbocycles. The smallest absolute Gasteiger partial charge is 0.255 e. The number of nitrogens with zero attached hydrogens (tertiary/aromatic N) is 2. The van der Waals surface area contributed by atoms with Gasteiger partial charge in [0.05, 0.1) is 18.2 Å². The maximum absolute atomic E-state index is 12.8. The Morgan fingerprint density at radius 2 is 1.91 bits per heavy atom. The molecule has 8 heteroatoms. The van der Waals surface area contributed by atoms with E-state index >= 15 is 0 Å². The predicted molar refractivity (Wildman–Crippen MR) is 125 cm³/mol. The number of hydrogen-bond acceptors (Lipinski definition) is 5. The van der Waals surface area contributed by atoms with Crippen molar-refractivity contribution in [2.24, 2.45) is 7.05 Å². The predicted octanol–water partition coefficient (Wildman–Crippen LogP) is 5.48. The number of halogens is 1. The molecule has 0 aliphatic carbocycles. The average Bonchev–Trinajstić information content (AvgIpc) is 3.19. The van der Waals surface area contributed by atoms with Gasteiger partial charge in [-0.15, -0.1) is 0 Å². The van der Waals surface area contributed by atoms with E-state index in [1.165, 1.54) is 0 Å². The third kappa shape index (κ3) is 6.17. The van der Waals surface area contributed by atoms with Crippen LogP contribution >= 0.6 is 11.6 Å². The number of benzene rings is 2. The number of rotatable bonds is 11. The number of carbonyl (C=O) groups excluding carboxylic acids is 1. The molecule has 0 bridgehead atoms. The van der Waals surface area contributed by atoms with Crippen LogP contribution < -0.4 is 19.5 Å². The van der Waals surface area contributed by atoms with E-state index in [0.717, 1.165) is 18.7 Å². The van der Waals surface area contributed by atoms with E-state index in [4.69, 9.17) is 25.8 Å². The number of aromatic nitrogens is 2. The van der Waals surface area contributed by atoms with Crippen LogP contribution in [0.4, 0.5) is 5.69 Å². The molecule has 0 aliphatic rings. The summed E-state index contributed by atoms with van der Waals surface area (Å²) in [5.74, 6) is 2.13. The Hall–Kier alpha value is -3.19. The molecule has 0 aliphatic heterocycles. The minimum absolute atomic E-state index is 0.297. The number of nitrogens with one attached hydrogen (secondary N) is 1. The highest BCUT2D eigenvalue weighted by molar-refractivity contribution is 6.32. The molecule has 1 N–H and O–H groups in total. The van der Waals surface area contributed by atoms with Gasteiger partial charge in [-0.05, 0) is 49.7 Å². The topological polar surface area (TPSA) is 74.6 Å². The summed E-state index contributed by atoms with van der Waals surface area (Å²) in [7, 11) is 1.91. The third-order valence-electron chi connectivity index (χ3n) is 4.72. The molecule has 32 heavy (non-hydrogen) atoms. The van der Waals surface area contributed by atoms with Crippen molar-refractivity contribution in [2.45, 2.75) is 33.3 Å². The second-order valence-electron chi connectivity index (χ2n) is 7.14. The summed E-state index contributed by atoms with van der Waals surface area (Å²) in [6.45, 7) is 5.29. The van der Waals surface area contributed by atoms with E-state index < -0.39 is 0 Å². The summed E-state index contributed by atoms with van der Waals surface area (Å²) in [4.78, 5) is 17.0. The molecule has 3 rings (SSSR count). The fourth-order valence-corrected chi connectivity index (χ4v) is 3.21. The van der Waals surface area contributed by atoms with E-state index in [0.29, 0.717) is 53.3 Å². The summed E-state index contributed by atoms with van der Waals surface area (Å²) in [5.41, 5.74) is 1.02. The van der Waals surface area contributed by atoms with E-state index in [1.807, 2.05) is 24.7 Å². The highest BCUT2D eigenvalue weighted by atomic mass is 35.5. The zero-order valence-electron chi connectivity index (χ0n) is 18.6. The molecule has 1 heterocycles. The van der Waals surface area contributed by atoms with Gasteiger partial charge >= 0.3 is 0 Å². The van der Waals surface area contributed by atoms with Crippen LogP contribution in [0.15, 0.2) is 48.8 Å². The van der Waals surface area contributed by atoms with Crippen LogP contribution in [-0.2, 0) is 13.7 Å². The van der Waals surface area contributed by atoms with Gasteiger partial charge < -0.3 is 24.1 Å². The van der Waals surface area contributed by atoms with Crippen LogP contribution in [-0.4, -0.2) is 28.7 Å². The molecule has 0 saturated heterocycles. The van der Waals surface area contributed by atoms with Crippen molar-refractivity contribution >= 4 is 23.2 Å². The van der Waals surface area contributed by atoms with Crippen molar-refractivity contribution in [3.05, 3.63) is 65.2 Å². The average molecular weight is 458 g/mol. The van der Waals surface area contributed by atoms with Crippen molar-refractivity contribution in [3.8, 4) is 17.2 Å².